The summed E-state index contributed by atoms with van der Waals surface area (Å²) in [5.74, 6) is -0.127. The molecule has 2 rings (SSSR count). The van der Waals surface area contributed by atoms with E-state index in [0.29, 0.717) is 13.1 Å². The smallest absolute Gasteiger partial charge is 0.271 e. The molecule has 1 N–H and O–H groups in total. The Labute approximate surface area is 177 Å². The lowest BCUT2D eigenvalue weighted by molar-refractivity contribution is -0.384. The molecule has 0 radical (unpaired) electrons. The SMILES string of the molecule is CC(C)CN(CC(C)C)S(=O)(=O)c1ccc(C(=O)Nc2cccc([N+](=O)[O-])c2)cc1. The Balaban J connectivity index is 2.21. The van der Waals surface area contributed by atoms with Crippen LogP contribution in [0.5, 0.6) is 0 Å². The van der Waals surface area contributed by atoms with E-state index < -0.39 is 20.9 Å². The minimum Gasteiger partial charge on any atom is -0.322 e. The van der Waals surface area contributed by atoms with E-state index in [2.05, 4.69) is 5.32 Å². The van der Waals surface area contributed by atoms with Crippen LogP contribution in [0.1, 0.15) is 38.1 Å². The third-order valence-corrected chi connectivity index (χ3v) is 6.05. The molecule has 162 valence electrons. The molecular formula is C21H27N3O5S. The molecule has 0 bridgehead atoms. The average Bonchev–Trinajstić information content (AvgIpc) is 2.67. The van der Waals surface area contributed by atoms with Gasteiger partial charge in [-0.15, -0.1) is 0 Å². The van der Waals surface area contributed by atoms with Gasteiger partial charge in [-0.3, -0.25) is 14.9 Å². The molecule has 0 aliphatic rings. The molecule has 0 atom stereocenters. The quantitative estimate of drug-likeness (QED) is 0.472. The second-order valence-corrected chi connectivity index (χ2v) is 9.83. The van der Waals surface area contributed by atoms with Crippen molar-refractivity contribution >= 4 is 27.3 Å². The Morgan fingerprint density at radius 3 is 2.10 bits per heavy atom. The number of hydrogen-bond acceptors (Lipinski definition) is 5. The number of non-ortho nitro benzene ring substituents is 1. The molecule has 0 aliphatic heterocycles. The van der Waals surface area contributed by atoms with E-state index in [1.54, 1.807) is 6.07 Å². The number of carbonyl (C=O) groups excluding carboxylic acids is 1. The van der Waals surface area contributed by atoms with Crippen molar-refractivity contribution < 1.29 is 18.1 Å². The van der Waals surface area contributed by atoms with Gasteiger partial charge in [-0.05, 0) is 42.2 Å². The first-order valence-electron chi connectivity index (χ1n) is 9.66. The number of nitrogens with zero attached hydrogens (tertiary/aromatic N) is 2. The maximum absolute atomic E-state index is 13.0. The zero-order valence-corrected chi connectivity index (χ0v) is 18.3. The van der Waals surface area contributed by atoms with Crippen LogP contribution in [0.3, 0.4) is 0 Å². The summed E-state index contributed by atoms with van der Waals surface area (Å²) in [6, 6.07) is 11.3. The maximum Gasteiger partial charge on any atom is 0.271 e. The summed E-state index contributed by atoms with van der Waals surface area (Å²) in [7, 11) is -3.68. The highest BCUT2D eigenvalue weighted by molar-refractivity contribution is 7.89. The van der Waals surface area contributed by atoms with E-state index in [1.807, 2.05) is 27.7 Å². The topological polar surface area (TPSA) is 110 Å². The molecule has 1 amide bonds. The van der Waals surface area contributed by atoms with Crippen molar-refractivity contribution in [3.63, 3.8) is 0 Å². The van der Waals surface area contributed by atoms with Crippen LogP contribution in [0.25, 0.3) is 0 Å². The van der Waals surface area contributed by atoms with Gasteiger partial charge in [0.05, 0.1) is 9.82 Å². The Bertz CT molecular complexity index is 992. The molecule has 8 nitrogen and oxygen atoms in total. The maximum atomic E-state index is 13.0. The van der Waals surface area contributed by atoms with Crippen LogP contribution in [0.15, 0.2) is 53.4 Å². The molecule has 0 fully saturated rings. The number of sulfonamides is 1. The molecule has 0 aromatic heterocycles. The van der Waals surface area contributed by atoms with Crippen LogP contribution in [-0.4, -0.2) is 36.6 Å². The van der Waals surface area contributed by atoms with Gasteiger partial charge in [-0.2, -0.15) is 4.31 Å². The summed E-state index contributed by atoms with van der Waals surface area (Å²) in [6.07, 6.45) is 0. The molecular weight excluding hydrogens is 406 g/mol. The number of nitrogens with one attached hydrogen (secondary N) is 1. The molecule has 30 heavy (non-hydrogen) atoms. The van der Waals surface area contributed by atoms with Gasteiger partial charge in [0.2, 0.25) is 10.0 Å². The van der Waals surface area contributed by atoms with Crippen molar-refractivity contribution in [2.24, 2.45) is 11.8 Å². The number of rotatable bonds is 9. The van der Waals surface area contributed by atoms with Crippen molar-refractivity contribution in [2.45, 2.75) is 32.6 Å². The van der Waals surface area contributed by atoms with Crippen molar-refractivity contribution in [1.29, 1.82) is 0 Å². The van der Waals surface area contributed by atoms with Crippen LogP contribution in [0.4, 0.5) is 11.4 Å². The van der Waals surface area contributed by atoms with Gasteiger partial charge >= 0.3 is 0 Å². The lowest BCUT2D eigenvalue weighted by Crippen LogP contribution is -2.37. The fourth-order valence-electron chi connectivity index (χ4n) is 2.91. The minimum atomic E-state index is -3.68. The summed E-state index contributed by atoms with van der Waals surface area (Å²) in [6.45, 7) is 8.67. The van der Waals surface area contributed by atoms with Gasteiger partial charge in [0, 0.05) is 36.5 Å². The van der Waals surface area contributed by atoms with Gasteiger partial charge in [-0.25, -0.2) is 8.42 Å². The summed E-state index contributed by atoms with van der Waals surface area (Å²) in [4.78, 5) is 22.9. The summed E-state index contributed by atoms with van der Waals surface area (Å²) >= 11 is 0. The van der Waals surface area contributed by atoms with E-state index in [4.69, 9.17) is 0 Å². The first-order chi connectivity index (χ1) is 14.0. The highest BCUT2D eigenvalue weighted by Gasteiger charge is 2.26. The number of amides is 1. The van der Waals surface area contributed by atoms with Gasteiger partial charge in [-0.1, -0.05) is 33.8 Å². The number of hydrogen-bond donors (Lipinski definition) is 1. The molecule has 2 aromatic rings. The second-order valence-electron chi connectivity index (χ2n) is 7.90. The van der Waals surface area contributed by atoms with E-state index in [0.717, 1.165) is 0 Å². The number of nitro groups is 1. The minimum absolute atomic E-state index is 0.121. The third kappa shape index (κ3) is 6.11. The van der Waals surface area contributed by atoms with E-state index >= 15 is 0 Å². The third-order valence-electron chi connectivity index (χ3n) is 4.21. The molecule has 9 heteroatoms. The largest absolute Gasteiger partial charge is 0.322 e. The summed E-state index contributed by atoms with van der Waals surface area (Å²) in [5, 5.41) is 13.4. The lowest BCUT2D eigenvalue weighted by atomic mass is 10.2. The van der Waals surface area contributed by atoms with Gasteiger partial charge < -0.3 is 5.32 Å². The number of anilines is 1. The van der Waals surface area contributed by atoms with E-state index in [-0.39, 0.29) is 33.7 Å². The van der Waals surface area contributed by atoms with Crippen molar-refractivity contribution in [3.05, 3.63) is 64.2 Å². The van der Waals surface area contributed by atoms with E-state index in [1.165, 1.54) is 46.8 Å². The van der Waals surface area contributed by atoms with Gasteiger partial charge in [0.15, 0.2) is 0 Å². The standard InChI is InChI=1S/C21H27N3O5S/c1-15(2)13-23(14-16(3)4)30(28,29)20-10-8-17(9-11-20)21(25)22-18-6-5-7-19(12-18)24(26)27/h5-12,15-16H,13-14H2,1-4H3,(H,22,25). The van der Waals surface area contributed by atoms with Crippen molar-refractivity contribution in [2.75, 3.05) is 18.4 Å². The first kappa shape index (κ1) is 23.5. The first-order valence-corrected chi connectivity index (χ1v) is 11.1. The molecule has 2 aromatic carbocycles. The highest BCUT2D eigenvalue weighted by Crippen LogP contribution is 2.21. The molecule has 0 saturated carbocycles. The van der Waals surface area contributed by atoms with Crippen LogP contribution in [0.2, 0.25) is 0 Å². The van der Waals surface area contributed by atoms with Crippen LogP contribution >= 0.6 is 0 Å². The zero-order valence-electron chi connectivity index (χ0n) is 17.5. The van der Waals surface area contributed by atoms with E-state index in [9.17, 15) is 23.3 Å². The summed E-state index contributed by atoms with van der Waals surface area (Å²) < 4.78 is 27.5. The molecule has 0 aliphatic carbocycles. The zero-order chi connectivity index (χ0) is 22.5. The Morgan fingerprint density at radius 2 is 1.60 bits per heavy atom. The number of carbonyl (C=O) groups is 1. The van der Waals surface area contributed by atoms with Crippen LogP contribution < -0.4 is 5.32 Å². The predicted octanol–water partition coefficient (Wildman–Crippen LogP) is 4.15. The monoisotopic (exact) mass is 433 g/mol. The molecule has 0 saturated heterocycles. The molecule has 0 heterocycles. The Morgan fingerprint density at radius 1 is 1.03 bits per heavy atom. The average molecular weight is 434 g/mol. The Kier molecular flexibility index (Phi) is 7.69. The van der Waals surface area contributed by atoms with Crippen molar-refractivity contribution in [1.82, 2.24) is 4.31 Å². The van der Waals surface area contributed by atoms with Gasteiger partial charge in [0.25, 0.3) is 11.6 Å². The lowest BCUT2D eigenvalue weighted by Gasteiger charge is -2.25. The number of nitro benzene ring substituents is 1. The fraction of sp³-hybridized carbons (Fsp3) is 0.381. The van der Waals surface area contributed by atoms with Crippen molar-refractivity contribution in [3.8, 4) is 0 Å². The van der Waals surface area contributed by atoms with Crippen LogP contribution in [0, 0.1) is 22.0 Å². The fourth-order valence-corrected chi connectivity index (χ4v) is 4.68. The predicted molar refractivity (Wildman–Crippen MR) is 116 cm³/mol. The highest BCUT2D eigenvalue weighted by atomic mass is 32.2. The van der Waals surface area contributed by atoms with Crippen LogP contribution in [-0.2, 0) is 10.0 Å². The number of benzene rings is 2. The normalized spacial score (nSPS) is 11.8. The summed E-state index contributed by atoms with van der Waals surface area (Å²) in [5.41, 5.74) is 0.398. The second kappa shape index (κ2) is 9.82. The van der Waals surface area contributed by atoms with Gasteiger partial charge in [0.1, 0.15) is 0 Å². The molecule has 0 spiro atoms. The molecule has 0 unspecified atom stereocenters. The Hall–Kier alpha value is -2.78.